The Labute approximate surface area is 136 Å². The molecule has 1 fully saturated rings. The van der Waals surface area contributed by atoms with E-state index in [1.165, 1.54) is 57.4 Å². The normalized spacial score (nSPS) is 21.4. The van der Waals surface area contributed by atoms with Crippen LogP contribution in [0.3, 0.4) is 0 Å². The van der Waals surface area contributed by atoms with Crippen molar-refractivity contribution in [2.75, 3.05) is 0 Å². The zero-order valence-corrected chi connectivity index (χ0v) is 17.7. The molecule has 0 aromatic carbocycles. The van der Waals surface area contributed by atoms with Crippen molar-refractivity contribution in [2.24, 2.45) is 5.92 Å². The first kappa shape index (κ1) is 19.3. The van der Waals surface area contributed by atoms with E-state index in [0.29, 0.717) is 11.7 Å². The van der Waals surface area contributed by atoms with Crippen LogP contribution in [0.2, 0.25) is 13.3 Å². The van der Waals surface area contributed by atoms with Crippen LogP contribution in [0.1, 0.15) is 79.1 Å². The number of hydrogen-bond acceptors (Lipinski definition) is 1. The summed E-state index contributed by atoms with van der Waals surface area (Å²) in [5.41, 5.74) is 1.25. The number of ketones is 1. The van der Waals surface area contributed by atoms with Crippen LogP contribution in [0.25, 0.3) is 0 Å². The van der Waals surface area contributed by atoms with Crippen LogP contribution in [0.4, 0.5) is 0 Å². The van der Waals surface area contributed by atoms with E-state index < -0.39 is 18.4 Å². The Hall–Kier alpha value is 0.209. The molecule has 1 aliphatic carbocycles. The minimum atomic E-state index is -2.24. The summed E-state index contributed by atoms with van der Waals surface area (Å²) in [6.45, 7) is 9.05. The van der Waals surface area contributed by atoms with Crippen molar-refractivity contribution in [1.29, 1.82) is 0 Å². The molecule has 0 radical (unpaired) electrons. The molecule has 1 atom stereocenters. The third kappa shape index (κ3) is 6.08. The van der Waals surface area contributed by atoms with Gasteiger partial charge in [0.2, 0.25) is 0 Å². The van der Waals surface area contributed by atoms with Gasteiger partial charge in [0.05, 0.1) is 0 Å². The van der Waals surface area contributed by atoms with E-state index >= 15 is 0 Å². The predicted octanol–water partition coefficient (Wildman–Crippen LogP) is 6.30. The fourth-order valence-corrected chi connectivity index (χ4v) is 19.0. The molecule has 0 aromatic rings. The standard InChI is InChI=1S/C7H9O.3C4H9.Sn/c1-5-3-4-6(2)7(5)8;3*1-3-4-2;/h1,6H,3-4H2,2H3;3*1,3-4H2,2H3;/t6-;;;;/m0..../s1. The van der Waals surface area contributed by atoms with Gasteiger partial charge in [-0.3, -0.25) is 0 Å². The number of rotatable bonds is 10. The average Bonchev–Trinajstić information content (AvgIpc) is 2.80. The Morgan fingerprint density at radius 2 is 1.48 bits per heavy atom. The van der Waals surface area contributed by atoms with E-state index in [2.05, 4.69) is 31.8 Å². The first-order valence-electron chi connectivity index (χ1n) is 9.34. The Morgan fingerprint density at radius 1 is 1.00 bits per heavy atom. The molecule has 0 bridgehead atoms. The molecule has 1 rings (SSSR count). The summed E-state index contributed by atoms with van der Waals surface area (Å²) in [5.74, 6) is 0.782. The molecule has 1 saturated carbocycles. The van der Waals surface area contributed by atoms with Gasteiger partial charge in [-0.05, 0) is 0 Å². The molecule has 1 nitrogen and oxygen atoms in total. The monoisotopic (exact) mass is 400 g/mol. The van der Waals surface area contributed by atoms with Gasteiger partial charge in [0, 0.05) is 0 Å². The van der Waals surface area contributed by atoms with Gasteiger partial charge in [0.1, 0.15) is 0 Å². The van der Waals surface area contributed by atoms with Gasteiger partial charge in [-0.25, -0.2) is 0 Å². The topological polar surface area (TPSA) is 17.1 Å². The van der Waals surface area contributed by atoms with Gasteiger partial charge in [-0.15, -0.1) is 0 Å². The molecule has 0 saturated heterocycles. The summed E-state index contributed by atoms with van der Waals surface area (Å²) in [5, 5.41) is 0. The quantitative estimate of drug-likeness (QED) is 0.311. The van der Waals surface area contributed by atoms with Crippen molar-refractivity contribution in [3.63, 3.8) is 0 Å². The fourth-order valence-electron chi connectivity index (χ4n) is 3.63. The second-order valence-electron chi connectivity index (χ2n) is 7.15. The molecule has 0 aromatic heterocycles. The first-order chi connectivity index (χ1) is 10.1. The van der Waals surface area contributed by atoms with Crippen LogP contribution in [0, 0.1) is 5.92 Å². The van der Waals surface area contributed by atoms with Crippen molar-refractivity contribution < 1.29 is 4.79 Å². The number of carbonyl (C=O) groups excluding carboxylic acids is 1. The van der Waals surface area contributed by atoms with Crippen LogP contribution < -0.4 is 0 Å². The molecule has 122 valence electrons. The van der Waals surface area contributed by atoms with Crippen molar-refractivity contribution in [2.45, 2.75) is 92.4 Å². The predicted molar refractivity (Wildman–Crippen MR) is 96.4 cm³/mol. The van der Waals surface area contributed by atoms with Crippen molar-refractivity contribution in [1.82, 2.24) is 0 Å². The molecule has 0 heterocycles. The third-order valence-electron chi connectivity index (χ3n) is 5.18. The van der Waals surface area contributed by atoms with E-state index in [1.807, 2.05) is 0 Å². The molecule has 0 spiro atoms. The van der Waals surface area contributed by atoms with E-state index in [9.17, 15) is 4.79 Å². The van der Waals surface area contributed by atoms with Crippen LogP contribution >= 0.6 is 0 Å². The van der Waals surface area contributed by atoms with E-state index in [-0.39, 0.29) is 0 Å². The van der Waals surface area contributed by atoms with Crippen molar-refractivity contribution in [3.05, 3.63) is 9.67 Å². The van der Waals surface area contributed by atoms with Crippen molar-refractivity contribution >= 4 is 24.2 Å². The number of unbranched alkanes of at least 4 members (excludes halogenated alkanes) is 3. The second-order valence-corrected chi connectivity index (χ2v) is 20.0. The zero-order chi connectivity index (χ0) is 15.7. The second kappa shape index (κ2) is 10.1. The maximum atomic E-state index is 12.4. The van der Waals surface area contributed by atoms with Gasteiger partial charge in [-0.2, -0.15) is 0 Å². The van der Waals surface area contributed by atoms with Crippen LogP contribution in [-0.4, -0.2) is 24.2 Å². The van der Waals surface area contributed by atoms with E-state index in [0.717, 1.165) is 12.8 Å². The van der Waals surface area contributed by atoms with E-state index in [1.54, 1.807) is 0 Å². The molecule has 0 unspecified atom stereocenters. The van der Waals surface area contributed by atoms with Gasteiger partial charge in [0.25, 0.3) is 0 Å². The van der Waals surface area contributed by atoms with Gasteiger partial charge in [-0.1, -0.05) is 0 Å². The van der Waals surface area contributed by atoms with Gasteiger partial charge >= 0.3 is 137 Å². The Morgan fingerprint density at radius 3 is 1.81 bits per heavy atom. The van der Waals surface area contributed by atoms with Gasteiger partial charge < -0.3 is 0 Å². The summed E-state index contributed by atoms with van der Waals surface area (Å²) in [6, 6.07) is 0. The van der Waals surface area contributed by atoms with Crippen LogP contribution in [-0.2, 0) is 4.79 Å². The molecule has 21 heavy (non-hydrogen) atoms. The number of hydrogen-bond donors (Lipinski definition) is 0. The third-order valence-corrected chi connectivity index (χ3v) is 19.5. The molecule has 0 amide bonds. The summed E-state index contributed by atoms with van der Waals surface area (Å²) < 4.78 is 7.10. The van der Waals surface area contributed by atoms with Crippen LogP contribution in [0.15, 0.2) is 9.67 Å². The molecule has 1 aliphatic rings. The molecule has 0 N–H and O–H groups in total. The first-order valence-corrected chi connectivity index (χ1v) is 17.0. The Bertz CT molecular complexity index is 324. The van der Waals surface area contributed by atoms with Crippen molar-refractivity contribution in [3.8, 4) is 0 Å². The summed E-state index contributed by atoms with van der Waals surface area (Å²) in [6.07, 6.45) is 10.3. The zero-order valence-electron chi connectivity index (χ0n) is 14.8. The Kier molecular flexibility index (Phi) is 9.24. The summed E-state index contributed by atoms with van der Waals surface area (Å²) >= 11 is -2.24. The molecular formula is C19H36OSn. The average molecular weight is 399 g/mol. The minimum absolute atomic E-state index is 0.295. The Balaban J connectivity index is 2.95. The number of carbonyl (C=O) groups is 1. The maximum absolute atomic E-state index is 12.4. The fraction of sp³-hybridized carbons (Fsp3) is 0.842. The van der Waals surface area contributed by atoms with Gasteiger partial charge in [0.15, 0.2) is 0 Å². The summed E-state index contributed by atoms with van der Waals surface area (Å²) in [7, 11) is 0. The van der Waals surface area contributed by atoms with E-state index in [4.69, 9.17) is 0 Å². The molecule has 2 heteroatoms. The number of allylic oxidation sites excluding steroid dienone is 1. The van der Waals surface area contributed by atoms with Crippen LogP contribution in [0.5, 0.6) is 0 Å². The molecule has 0 aliphatic heterocycles. The SMILES string of the molecule is CCC[CH2][Sn](/[CH]=C1\CC[C@H](C)C1=O)([CH2]CCC)[CH2]CCC. The molecular weight excluding hydrogens is 363 g/mol. The summed E-state index contributed by atoms with van der Waals surface area (Å²) in [4.78, 5) is 12.4. The number of Topliss-reactive ketones (excluding diaryl/α,β-unsaturated/α-hetero) is 1.